The minimum atomic E-state index is -0.646. The topological polar surface area (TPSA) is 113 Å². The van der Waals surface area contributed by atoms with Gasteiger partial charge in [-0.15, -0.1) is 0 Å². The molecule has 8 nitrogen and oxygen atoms in total. The third-order valence-corrected chi connectivity index (χ3v) is 3.84. The molecule has 1 amide bonds. The van der Waals surface area contributed by atoms with Gasteiger partial charge < -0.3 is 4.42 Å². The van der Waals surface area contributed by atoms with Crippen LogP contribution in [0.5, 0.6) is 0 Å². The van der Waals surface area contributed by atoms with Gasteiger partial charge in [0.15, 0.2) is 5.69 Å². The molecule has 8 heteroatoms. The maximum absolute atomic E-state index is 12.6. The first kappa shape index (κ1) is 17.8. The van der Waals surface area contributed by atoms with Gasteiger partial charge in [0.1, 0.15) is 17.4 Å². The molecule has 3 rings (SSSR count). The second kappa shape index (κ2) is 7.49. The lowest BCUT2D eigenvalue weighted by molar-refractivity contribution is 0.0947. The second-order valence-electron chi connectivity index (χ2n) is 5.73. The summed E-state index contributed by atoms with van der Waals surface area (Å²) in [7, 11) is 0. The summed E-state index contributed by atoms with van der Waals surface area (Å²) in [6.45, 7) is 3.41. The smallest absolute Gasteiger partial charge is 0.292 e. The van der Waals surface area contributed by atoms with Gasteiger partial charge in [-0.2, -0.15) is 20.1 Å². The fourth-order valence-corrected chi connectivity index (χ4v) is 2.39. The highest BCUT2D eigenvalue weighted by molar-refractivity contribution is 5.94. The number of aromatic nitrogens is 2. The first-order chi connectivity index (χ1) is 13.0. The molecule has 2 heterocycles. The van der Waals surface area contributed by atoms with Crippen molar-refractivity contribution in [1.29, 1.82) is 5.26 Å². The molecule has 1 N–H and O–H groups in total. The van der Waals surface area contributed by atoms with Crippen molar-refractivity contribution < 1.29 is 9.21 Å². The van der Waals surface area contributed by atoms with Crippen molar-refractivity contribution >= 4 is 12.1 Å². The molecule has 27 heavy (non-hydrogen) atoms. The molecule has 134 valence electrons. The van der Waals surface area contributed by atoms with Gasteiger partial charge in [-0.25, -0.2) is 5.43 Å². The van der Waals surface area contributed by atoms with E-state index in [-0.39, 0.29) is 16.8 Å². The number of carbonyl (C=O) groups is 1. The number of benzene rings is 1. The number of rotatable bonds is 4. The highest BCUT2D eigenvalue weighted by Crippen LogP contribution is 2.11. The summed E-state index contributed by atoms with van der Waals surface area (Å²) in [5, 5.41) is 17.3. The molecule has 3 aromatic rings. The number of hydrogen-bond donors (Lipinski definition) is 1. The Hall–Kier alpha value is -3.99. The van der Waals surface area contributed by atoms with E-state index in [1.807, 2.05) is 25.1 Å². The maximum Gasteiger partial charge on any atom is 0.292 e. The molecule has 0 saturated carbocycles. The van der Waals surface area contributed by atoms with Crippen molar-refractivity contribution in [3.63, 3.8) is 0 Å². The Kier molecular flexibility index (Phi) is 4.95. The highest BCUT2D eigenvalue weighted by atomic mass is 16.3. The van der Waals surface area contributed by atoms with Crippen molar-refractivity contribution in [3.05, 3.63) is 81.2 Å². The van der Waals surface area contributed by atoms with Crippen LogP contribution in [0.3, 0.4) is 0 Å². The SMILES string of the molecule is Cc1ccc(-n2nc(C(=O)N/N=C/c3ccco3)c(C)c(C#N)c2=O)cc1. The molecular weight excluding hydrogens is 346 g/mol. The Labute approximate surface area is 154 Å². The van der Waals surface area contributed by atoms with Crippen LogP contribution >= 0.6 is 0 Å². The van der Waals surface area contributed by atoms with Crippen LogP contribution in [0, 0.1) is 25.2 Å². The third kappa shape index (κ3) is 3.67. The molecule has 0 atom stereocenters. The van der Waals surface area contributed by atoms with Crippen LogP contribution in [0.1, 0.15) is 32.9 Å². The van der Waals surface area contributed by atoms with Gasteiger partial charge in [0.05, 0.1) is 18.2 Å². The zero-order valence-electron chi connectivity index (χ0n) is 14.6. The van der Waals surface area contributed by atoms with Crippen LogP contribution in [0.4, 0.5) is 0 Å². The molecule has 0 spiro atoms. The minimum Gasteiger partial charge on any atom is -0.463 e. The van der Waals surface area contributed by atoms with Crippen LogP contribution in [-0.2, 0) is 0 Å². The van der Waals surface area contributed by atoms with Gasteiger partial charge >= 0.3 is 0 Å². The average molecular weight is 361 g/mol. The largest absolute Gasteiger partial charge is 0.463 e. The number of hydrazone groups is 1. The summed E-state index contributed by atoms with van der Waals surface area (Å²) in [6, 6.07) is 12.2. The molecule has 0 aliphatic carbocycles. The molecule has 0 fully saturated rings. The first-order valence-corrected chi connectivity index (χ1v) is 7.99. The molecule has 2 aromatic heterocycles. The third-order valence-electron chi connectivity index (χ3n) is 3.84. The van der Waals surface area contributed by atoms with Crippen molar-refractivity contribution in [3.8, 4) is 11.8 Å². The number of furan rings is 1. The number of nitrogens with one attached hydrogen (secondary N) is 1. The Morgan fingerprint density at radius 3 is 2.67 bits per heavy atom. The zero-order chi connectivity index (χ0) is 19.4. The molecule has 0 aliphatic heterocycles. The lowest BCUT2D eigenvalue weighted by atomic mass is 10.1. The predicted molar refractivity (Wildman–Crippen MR) is 97.8 cm³/mol. The van der Waals surface area contributed by atoms with Crippen molar-refractivity contribution in [2.45, 2.75) is 13.8 Å². The second-order valence-corrected chi connectivity index (χ2v) is 5.73. The van der Waals surface area contributed by atoms with Crippen molar-refractivity contribution in [2.24, 2.45) is 5.10 Å². The summed E-state index contributed by atoms with van der Waals surface area (Å²) >= 11 is 0. The number of nitriles is 1. The fraction of sp³-hybridized carbons (Fsp3) is 0.105. The van der Waals surface area contributed by atoms with E-state index in [1.54, 1.807) is 24.3 Å². The van der Waals surface area contributed by atoms with E-state index in [1.165, 1.54) is 19.4 Å². The summed E-state index contributed by atoms with van der Waals surface area (Å²) in [4.78, 5) is 25.0. The Bertz CT molecular complexity index is 1100. The van der Waals surface area contributed by atoms with E-state index in [4.69, 9.17) is 4.42 Å². The van der Waals surface area contributed by atoms with E-state index in [0.717, 1.165) is 10.2 Å². The van der Waals surface area contributed by atoms with Gasteiger partial charge in [-0.05, 0) is 38.1 Å². The number of carbonyl (C=O) groups excluding carboxylic acids is 1. The number of aryl methyl sites for hydroxylation is 1. The molecule has 0 saturated heterocycles. The average Bonchev–Trinajstić information content (AvgIpc) is 3.17. The minimum absolute atomic E-state index is 0.0664. The van der Waals surface area contributed by atoms with Gasteiger partial charge in [-0.3, -0.25) is 9.59 Å². The normalized spacial score (nSPS) is 10.7. The highest BCUT2D eigenvalue weighted by Gasteiger charge is 2.20. The van der Waals surface area contributed by atoms with Crippen molar-refractivity contribution in [1.82, 2.24) is 15.2 Å². The Morgan fingerprint density at radius 1 is 1.30 bits per heavy atom. The number of amides is 1. The first-order valence-electron chi connectivity index (χ1n) is 7.99. The molecular formula is C19H15N5O3. The molecule has 0 radical (unpaired) electrons. The number of nitrogens with zero attached hydrogens (tertiary/aromatic N) is 4. The Morgan fingerprint density at radius 2 is 2.04 bits per heavy atom. The zero-order valence-corrected chi connectivity index (χ0v) is 14.6. The quantitative estimate of drug-likeness (QED) is 0.564. The maximum atomic E-state index is 12.6. The lowest BCUT2D eigenvalue weighted by Gasteiger charge is -2.10. The summed E-state index contributed by atoms with van der Waals surface area (Å²) < 4.78 is 6.12. The van der Waals surface area contributed by atoms with Crippen molar-refractivity contribution in [2.75, 3.05) is 0 Å². The van der Waals surface area contributed by atoms with Crippen LogP contribution in [0.25, 0.3) is 5.69 Å². The summed E-state index contributed by atoms with van der Waals surface area (Å²) in [5.74, 6) is -0.185. The standard InChI is InChI=1S/C19H15N5O3/c1-12-5-7-14(8-6-12)24-19(26)16(10-20)13(2)17(23-24)18(25)22-21-11-15-4-3-9-27-15/h3-9,11H,1-2H3,(H,22,25)/b21-11+. The summed E-state index contributed by atoms with van der Waals surface area (Å²) in [5.41, 5.74) is 3.17. The summed E-state index contributed by atoms with van der Waals surface area (Å²) in [6.07, 6.45) is 2.81. The van der Waals surface area contributed by atoms with E-state index in [2.05, 4.69) is 15.6 Å². The van der Waals surface area contributed by atoms with E-state index in [9.17, 15) is 14.9 Å². The van der Waals surface area contributed by atoms with Gasteiger partial charge in [0.25, 0.3) is 11.5 Å². The van der Waals surface area contributed by atoms with Gasteiger partial charge in [-0.1, -0.05) is 17.7 Å². The van der Waals surface area contributed by atoms with Crippen LogP contribution in [-0.4, -0.2) is 21.9 Å². The molecule has 0 bridgehead atoms. The van der Waals surface area contributed by atoms with E-state index in [0.29, 0.717) is 11.4 Å². The van der Waals surface area contributed by atoms with Crippen LogP contribution < -0.4 is 11.0 Å². The van der Waals surface area contributed by atoms with Crippen LogP contribution in [0.15, 0.2) is 57.0 Å². The van der Waals surface area contributed by atoms with E-state index >= 15 is 0 Å². The molecule has 0 unspecified atom stereocenters. The predicted octanol–water partition coefficient (Wildman–Crippen LogP) is 2.08. The Balaban J connectivity index is 2.00. The number of hydrogen-bond acceptors (Lipinski definition) is 6. The van der Waals surface area contributed by atoms with Crippen LogP contribution in [0.2, 0.25) is 0 Å². The fourth-order valence-electron chi connectivity index (χ4n) is 2.39. The monoisotopic (exact) mass is 361 g/mol. The molecule has 1 aromatic carbocycles. The molecule has 0 aliphatic rings. The van der Waals surface area contributed by atoms with Gasteiger partial charge in [0, 0.05) is 5.56 Å². The van der Waals surface area contributed by atoms with E-state index < -0.39 is 11.5 Å². The van der Waals surface area contributed by atoms with Gasteiger partial charge in [0.2, 0.25) is 0 Å². The lowest BCUT2D eigenvalue weighted by Crippen LogP contribution is -2.31.